The molecule has 0 spiro atoms. The molecule has 17 heavy (non-hydrogen) atoms. The lowest BCUT2D eigenvalue weighted by Gasteiger charge is -2.26. The molecule has 0 saturated carbocycles. The summed E-state index contributed by atoms with van der Waals surface area (Å²) in [6.45, 7) is 1.90. The predicted octanol–water partition coefficient (Wildman–Crippen LogP) is 3.16. The highest BCUT2D eigenvalue weighted by molar-refractivity contribution is 9.10. The standard InChI is InChI=1S/C11H14BrCl2NO2/c1-11(5-16,6-17)4-15-10-8(13)2-7(12)3-9(10)14/h2-3,15-17H,4-6H2,1H3. The van der Waals surface area contributed by atoms with Gasteiger partial charge in [0.25, 0.3) is 0 Å². The van der Waals surface area contributed by atoms with E-state index in [1.807, 2.05) is 0 Å². The monoisotopic (exact) mass is 341 g/mol. The van der Waals surface area contributed by atoms with E-state index >= 15 is 0 Å². The van der Waals surface area contributed by atoms with Crippen LogP contribution in [0.3, 0.4) is 0 Å². The van der Waals surface area contributed by atoms with Crippen molar-refractivity contribution < 1.29 is 10.2 Å². The highest BCUT2D eigenvalue weighted by atomic mass is 79.9. The molecule has 0 amide bonds. The van der Waals surface area contributed by atoms with Crippen molar-refractivity contribution in [3.63, 3.8) is 0 Å². The molecule has 3 N–H and O–H groups in total. The Labute approximate surface area is 119 Å². The zero-order chi connectivity index (χ0) is 13.1. The third-order valence-corrected chi connectivity index (χ3v) is 3.52. The number of halogens is 3. The fourth-order valence-electron chi connectivity index (χ4n) is 1.17. The Kier molecular flexibility index (Phi) is 5.54. The van der Waals surface area contributed by atoms with Gasteiger partial charge >= 0.3 is 0 Å². The number of rotatable bonds is 5. The molecule has 0 atom stereocenters. The summed E-state index contributed by atoms with van der Waals surface area (Å²) in [6.07, 6.45) is 0. The summed E-state index contributed by atoms with van der Waals surface area (Å²) in [5, 5.41) is 22.4. The van der Waals surface area contributed by atoms with Crippen molar-refractivity contribution in [1.29, 1.82) is 0 Å². The molecule has 0 unspecified atom stereocenters. The van der Waals surface area contributed by atoms with E-state index in [0.717, 1.165) is 4.47 Å². The van der Waals surface area contributed by atoms with E-state index < -0.39 is 5.41 Å². The highest BCUT2D eigenvalue weighted by Crippen LogP contribution is 2.34. The van der Waals surface area contributed by atoms with Crippen LogP contribution in [0.25, 0.3) is 0 Å². The van der Waals surface area contributed by atoms with Crippen LogP contribution in [0.2, 0.25) is 10.0 Å². The minimum atomic E-state index is -0.611. The van der Waals surface area contributed by atoms with Crippen molar-refractivity contribution in [3.8, 4) is 0 Å². The van der Waals surface area contributed by atoms with Gasteiger partial charge in [0.1, 0.15) is 0 Å². The van der Waals surface area contributed by atoms with E-state index in [-0.39, 0.29) is 13.2 Å². The summed E-state index contributed by atoms with van der Waals surface area (Å²) < 4.78 is 0.796. The van der Waals surface area contributed by atoms with Crippen LogP contribution in [0.1, 0.15) is 6.92 Å². The second-order valence-electron chi connectivity index (χ2n) is 4.22. The Hall–Kier alpha value is -0.0000000000000000555. The van der Waals surface area contributed by atoms with Crippen molar-refractivity contribution in [2.24, 2.45) is 5.41 Å². The fourth-order valence-corrected chi connectivity index (χ4v) is 2.52. The maximum Gasteiger partial charge on any atom is 0.0719 e. The lowest BCUT2D eigenvalue weighted by Crippen LogP contribution is -2.34. The number of hydrogen-bond donors (Lipinski definition) is 3. The van der Waals surface area contributed by atoms with Crippen molar-refractivity contribution >= 4 is 44.8 Å². The van der Waals surface area contributed by atoms with Crippen molar-refractivity contribution in [1.82, 2.24) is 0 Å². The van der Waals surface area contributed by atoms with E-state index in [2.05, 4.69) is 21.2 Å². The first kappa shape index (κ1) is 15.1. The third-order valence-electron chi connectivity index (χ3n) is 2.46. The van der Waals surface area contributed by atoms with Gasteiger partial charge < -0.3 is 15.5 Å². The molecule has 0 heterocycles. The smallest absolute Gasteiger partial charge is 0.0719 e. The van der Waals surface area contributed by atoms with E-state index in [4.69, 9.17) is 23.2 Å². The van der Waals surface area contributed by atoms with E-state index in [1.165, 1.54) is 0 Å². The van der Waals surface area contributed by atoms with Crippen molar-refractivity contribution in [2.45, 2.75) is 6.92 Å². The first-order chi connectivity index (χ1) is 7.91. The molecule has 3 nitrogen and oxygen atoms in total. The van der Waals surface area contributed by atoms with Gasteiger partial charge in [-0.2, -0.15) is 0 Å². The second-order valence-corrected chi connectivity index (χ2v) is 5.95. The largest absolute Gasteiger partial charge is 0.396 e. The molecule has 0 aromatic heterocycles. The van der Waals surface area contributed by atoms with Gasteiger partial charge in [-0.3, -0.25) is 0 Å². The van der Waals surface area contributed by atoms with Gasteiger partial charge in [-0.1, -0.05) is 46.1 Å². The van der Waals surface area contributed by atoms with Gasteiger partial charge in [-0.25, -0.2) is 0 Å². The molecule has 6 heteroatoms. The fraction of sp³-hybridized carbons (Fsp3) is 0.455. The molecule has 0 bridgehead atoms. The van der Waals surface area contributed by atoms with Crippen molar-refractivity contribution in [2.75, 3.05) is 25.1 Å². The molecule has 1 aromatic carbocycles. The summed E-state index contributed by atoms with van der Waals surface area (Å²) in [5.41, 5.74) is -0.00984. The van der Waals surface area contributed by atoms with Crippen LogP contribution in [0, 0.1) is 5.41 Å². The van der Waals surface area contributed by atoms with Gasteiger partial charge in [0.2, 0.25) is 0 Å². The molecule has 0 fully saturated rings. The first-order valence-corrected chi connectivity index (χ1v) is 6.57. The molecular formula is C11H14BrCl2NO2. The van der Waals surface area contributed by atoms with Crippen LogP contribution in [-0.4, -0.2) is 30.0 Å². The first-order valence-electron chi connectivity index (χ1n) is 5.02. The Bertz CT molecular complexity index is 374. The molecule has 0 radical (unpaired) electrons. The summed E-state index contributed by atoms with van der Waals surface area (Å²) in [7, 11) is 0. The molecule has 0 aliphatic heterocycles. The summed E-state index contributed by atoms with van der Waals surface area (Å²) in [6, 6.07) is 3.45. The van der Waals surface area contributed by atoms with Crippen LogP contribution >= 0.6 is 39.1 Å². The molecular weight excluding hydrogens is 329 g/mol. The number of aliphatic hydroxyl groups is 2. The van der Waals surface area contributed by atoms with Crippen LogP contribution in [0.5, 0.6) is 0 Å². The minimum Gasteiger partial charge on any atom is -0.396 e. The average Bonchev–Trinajstić information content (AvgIpc) is 2.27. The molecule has 0 aliphatic rings. The molecule has 0 aliphatic carbocycles. The average molecular weight is 343 g/mol. The topological polar surface area (TPSA) is 52.5 Å². The quantitative estimate of drug-likeness (QED) is 0.770. The maximum atomic E-state index is 9.17. The van der Waals surface area contributed by atoms with Crippen LogP contribution < -0.4 is 5.32 Å². The van der Waals surface area contributed by atoms with Gasteiger partial charge in [0.15, 0.2) is 0 Å². The normalized spacial score (nSPS) is 11.6. The van der Waals surface area contributed by atoms with Gasteiger partial charge in [-0.05, 0) is 12.1 Å². The predicted molar refractivity (Wildman–Crippen MR) is 74.9 cm³/mol. The number of aliphatic hydroxyl groups excluding tert-OH is 2. The van der Waals surface area contributed by atoms with E-state index in [1.54, 1.807) is 19.1 Å². The summed E-state index contributed by atoms with van der Waals surface area (Å²) in [4.78, 5) is 0. The molecule has 1 aromatic rings. The number of benzene rings is 1. The Morgan fingerprint density at radius 2 is 1.71 bits per heavy atom. The Morgan fingerprint density at radius 1 is 1.24 bits per heavy atom. The number of hydrogen-bond acceptors (Lipinski definition) is 3. The summed E-state index contributed by atoms with van der Waals surface area (Å²) >= 11 is 15.4. The lowest BCUT2D eigenvalue weighted by atomic mass is 9.93. The van der Waals surface area contributed by atoms with Crippen molar-refractivity contribution in [3.05, 3.63) is 26.7 Å². The van der Waals surface area contributed by atoms with E-state index in [9.17, 15) is 10.2 Å². The van der Waals surface area contributed by atoms with E-state index in [0.29, 0.717) is 22.3 Å². The second kappa shape index (κ2) is 6.25. The highest BCUT2D eigenvalue weighted by Gasteiger charge is 2.23. The van der Waals surface area contributed by atoms with Gasteiger partial charge in [-0.15, -0.1) is 0 Å². The third kappa shape index (κ3) is 4.00. The summed E-state index contributed by atoms with van der Waals surface area (Å²) in [5.74, 6) is 0. The lowest BCUT2D eigenvalue weighted by molar-refractivity contribution is 0.0806. The molecule has 96 valence electrons. The van der Waals surface area contributed by atoms with Gasteiger partial charge in [0.05, 0.1) is 28.9 Å². The van der Waals surface area contributed by atoms with Crippen LogP contribution in [0.15, 0.2) is 16.6 Å². The zero-order valence-electron chi connectivity index (χ0n) is 9.30. The van der Waals surface area contributed by atoms with Crippen LogP contribution in [0.4, 0.5) is 5.69 Å². The molecule has 0 saturated heterocycles. The Balaban J connectivity index is 2.83. The number of anilines is 1. The maximum absolute atomic E-state index is 9.17. The Morgan fingerprint density at radius 3 is 2.12 bits per heavy atom. The zero-order valence-corrected chi connectivity index (χ0v) is 12.4. The number of nitrogens with one attached hydrogen (secondary N) is 1. The SMILES string of the molecule is CC(CO)(CO)CNc1c(Cl)cc(Br)cc1Cl. The minimum absolute atomic E-state index is 0.123. The van der Waals surface area contributed by atoms with Gasteiger partial charge in [0, 0.05) is 16.4 Å². The molecule has 1 rings (SSSR count). The van der Waals surface area contributed by atoms with Crippen LogP contribution in [-0.2, 0) is 0 Å².